The van der Waals surface area contributed by atoms with Crippen LogP contribution in [0.1, 0.15) is 21.7 Å². The predicted octanol–water partition coefficient (Wildman–Crippen LogP) is 2.91. The second kappa shape index (κ2) is 7.28. The molecule has 4 rings (SSSR count). The van der Waals surface area contributed by atoms with Crippen molar-refractivity contribution in [3.05, 3.63) is 52.6 Å². The van der Waals surface area contributed by atoms with Crippen LogP contribution < -0.4 is 10.1 Å². The summed E-state index contributed by atoms with van der Waals surface area (Å²) in [4.78, 5) is 27.7. The van der Waals surface area contributed by atoms with Crippen molar-refractivity contribution in [3.8, 4) is 17.5 Å². The normalized spacial score (nSPS) is 11.0. The molecule has 3 heterocycles. The molecule has 0 fully saturated rings. The summed E-state index contributed by atoms with van der Waals surface area (Å²) in [5, 5.41) is 6.69. The largest absolute Gasteiger partial charge is 0.480 e. The number of aryl methyl sites for hydroxylation is 1. The van der Waals surface area contributed by atoms with Gasteiger partial charge >= 0.3 is 0 Å². The summed E-state index contributed by atoms with van der Waals surface area (Å²) in [7, 11) is 1.41. The zero-order valence-corrected chi connectivity index (χ0v) is 15.7. The van der Waals surface area contributed by atoms with Crippen LogP contribution in [0.2, 0.25) is 5.02 Å². The molecule has 2 N–H and O–H groups in total. The zero-order chi connectivity index (χ0) is 19.7. The number of methoxy groups -OCH3 is 1. The van der Waals surface area contributed by atoms with Gasteiger partial charge in [-0.25, -0.2) is 15.0 Å². The Kier molecular flexibility index (Phi) is 4.66. The molecule has 142 valence electrons. The van der Waals surface area contributed by atoms with Crippen LogP contribution in [-0.4, -0.2) is 38.1 Å². The Balaban J connectivity index is 1.48. The Morgan fingerprint density at radius 2 is 2.18 bits per heavy atom. The third-order valence-electron chi connectivity index (χ3n) is 4.03. The highest BCUT2D eigenvalue weighted by atomic mass is 35.5. The number of hydrogen-bond donors (Lipinski definition) is 2. The summed E-state index contributed by atoms with van der Waals surface area (Å²) in [5.41, 5.74) is 3.42. The highest BCUT2D eigenvalue weighted by Crippen LogP contribution is 2.24. The van der Waals surface area contributed by atoms with E-state index in [0.717, 1.165) is 16.6 Å². The van der Waals surface area contributed by atoms with E-state index in [1.165, 1.54) is 13.4 Å². The van der Waals surface area contributed by atoms with E-state index in [4.69, 9.17) is 20.9 Å². The van der Waals surface area contributed by atoms with E-state index < -0.39 is 5.91 Å². The molecule has 0 unspecified atom stereocenters. The van der Waals surface area contributed by atoms with Gasteiger partial charge in [-0.2, -0.15) is 0 Å². The van der Waals surface area contributed by atoms with Crippen molar-refractivity contribution in [2.45, 2.75) is 13.5 Å². The monoisotopic (exact) mass is 398 g/mol. The number of aromatic amines is 1. The van der Waals surface area contributed by atoms with Crippen LogP contribution in [0.15, 0.2) is 35.1 Å². The summed E-state index contributed by atoms with van der Waals surface area (Å²) in [5.74, 6) is 0.689. The molecule has 0 aliphatic heterocycles. The molecule has 1 amide bonds. The average Bonchev–Trinajstić information content (AvgIpc) is 3.32. The minimum Gasteiger partial charge on any atom is -0.480 e. The molecular formula is C18H15ClN6O3. The van der Waals surface area contributed by atoms with Gasteiger partial charge in [-0.3, -0.25) is 4.79 Å². The van der Waals surface area contributed by atoms with E-state index >= 15 is 0 Å². The number of carbonyl (C=O) groups is 1. The number of aromatic nitrogens is 5. The van der Waals surface area contributed by atoms with Gasteiger partial charge in [0, 0.05) is 6.07 Å². The van der Waals surface area contributed by atoms with Gasteiger partial charge in [-0.15, -0.1) is 0 Å². The van der Waals surface area contributed by atoms with E-state index in [9.17, 15) is 4.79 Å². The Morgan fingerprint density at radius 1 is 1.32 bits per heavy atom. The average molecular weight is 399 g/mol. The number of H-pyrrole nitrogens is 1. The molecule has 28 heavy (non-hydrogen) atoms. The van der Waals surface area contributed by atoms with Crippen LogP contribution in [0.25, 0.3) is 22.6 Å². The van der Waals surface area contributed by atoms with Crippen LogP contribution in [0.5, 0.6) is 5.88 Å². The molecule has 0 aliphatic rings. The van der Waals surface area contributed by atoms with E-state index in [0.29, 0.717) is 17.3 Å². The topological polar surface area (TPSA) is 119 Å². The second-order valence-electron chi connectivity index (χ2n) is 6.02. The van der Waals surface area contributed by atoms with Gasteiger partial charge in [-0.05, 0) is 24.6 Å². The number of carbonyl (C=O) groups excluding carboxylic acids is 1. The molecule has 1 aromatic carbocycles. The summed E-state index contributed by atoms with van der Waals surface area (Å²) in [6.45, 7) is 2.14. The minimum atomic E-state index is -0.477. The molecule has 0 saturated heterocycles. The van der Waals surface area contributed by atoms with Crippen molar-refractivity contribution >= 4 is 28.5 Å². The number of benzene rings is 1. The molecule has 0 aliphatic carbocycles. The van der Waals surface area contributed by atoms with Crippen molar-refractivity contribution in [2.24, 2.45) is 0 Å². The first kappa shape index (κ1) is 17.9. The van der Waals surface area contributed by atoms with Crippen LogP contribution >= 0.6 is 11.6 Å². The molecule has 0 radical (unpaired) electrons. The van der Waals surface area contributed by atoms with Crippen molar-refractivity contribution in [2.75, 3.05) is 7.11 Å². The third-order valence-corrected chi connectivity index (χ3v) is 4.37. The van der Waals surface area contributed by atoms with Gasteiger partial charge in [0.05, 0.1) is 24.7 Å². The Hall–Kier alpha value is -3.46. The number of halogens is 1. The van der Waals surface area contributed by atoms with Crippen molar-refractivity contribution in [1.82, 2.24) is 30.4 Å². The maximum atomic E-state index is 12.3. The number of amides is 1. The smallest absolute Gasteiger partial charge is 0.272 e. The van der Waals surface area contributed by atoms with E-state index in [-0.39, 0.29) is 23.1 Å². The lowest BCUT2D eigenvalue weighted by Crippen LogP contribution is -2.24. The third kappa shape index (κ3) is 3.39. The Bertz CT molecular complexity index is 1170. The number of rotatable bonds is 5. The minimum absolute atomic E-state index is 0.0184. The number of hydrogen-bond acceptors (Lipinski definition) is 7. The molecule has 0 saturated carbocycles. The van der Waals surface area contributed by atoms with E-state index in [1.807, 2.05) is 25.1 Å². The molecule has 0 atom stereocenters. The highest BCUT2D eigenvalue weighted by Gasteiger charge is 2.18. The summed E-state index contributed by atoms with van der Waals surface area (Å²) < 4.78 is 10.3. The fraction of sp³-hybridized carbons (Fsp3) is 0.167. The molecule has 10 heteroatoms. The first-order valence-corrected chi connectivity index (χ1v) is 8.68. The molecule has 9 nitrogen and oxygen atoms in total. The maximum Gasteiger partial charge on any atom is 0.272 e. The Labute approximate surface area is 164 Å². The number of nitrogens with one attached hydrogen (secondary N) is 2. The lowest BCUT2D eigenvalue weighted by molar-refractivity contribution is 0.0944. The number of ether oxygens (including phenoxy) is 1. The number of imidazole rings is 1. The van der Waals surface area contributed by atoms with Gasteiger partial charge < -0.3 is 19.6 Å². The predicted molar refractivity (Wildman–Crippen MR) is 101 cm³/mol. The van der Waals surface area contributed by atoms with Crippen LogP contribution in [0.4, 0.5) is 0 Å². The standard InChI is InChI=1S/C18H15ClN6O3/c1-9-3-4-11-12(5-9)24-16(23-11)13-6-10(25-28-13)7-20-17(26)15-14(19)18(27-2)22-8-21-15/h3-6,8H,7H2,1-2H3,(H,20,26)(H,23,24). The Morgan fingerprint density at radius 3 is 3.00 bits per heavy atom. The molecule has 4 aromatic rings. The van der Waals surface area contributed by atoms with Crippen molar-refractivity contribution in [3.63, 3.8) is 0 Å². The summed E-state index contributed by atoms with van der Waals surface area (Å²) in [6, 6.07) is 7.62. The first-order chi connectivity index (χ1) is 13.5. The van der Waals surface area contributed by atoms with Crippen LogP contribution in [-0.2, 0) is 6.54 Å². The molecule has 3 aromatic heterocycles. The molecule has 0 spiro atoms. The van der Waals surface area contributed by atoms with Gasteiger partial charge in [0.1, 0.15) is 17.0 Å². The van der Waals surface area contributed by atoms with Crippen molar-refractivity contribution < 1.29 is 14.1 Å². The number of nitrogens with zero attached hydrogens (tertiary/aromatic N) is 4. The fourth-order valence-corrected chi connectivity index (χ4v) is 2.92. The second-order valence-corrected chi connectivity index (χ2v) is 6.39. The first-order valence-electron chi connectivity index (χ1n) is 8.30. The SMILES string of the molecule is COc1ncnc(C(=O)NCc2cc(-c3nc4ccc(C)cc4[nH]3)on2)c1Cl. The van der Waals surface area contributed by atoms with Crippen LogP contribution in [0.3, 0.4) is 0 Å². The van der Waals surface area contributed by atoms with E-state index in [2.05, 4.69) is 30.4 Å². The molecule has 0 bridgehead atoms. The quantitative estimate of drug-likeness (QED) is 0.530. The number of fused-ring (bicyclic) bond motifs is 1. The van der Waals surface area contributed by atoms with Gasteiger partial charge in [-0.1, -0.05) is 22.8 Å². The summed E-state index contributed by atoms with van der Waals surface area (Å²) in [6.07, 6.45) is 1.21. The molecular weight excluding hydrogens is 384 g/mol. The van der Waals surface area contributed by atoms with E-state index in [1.54, 1.807) is 6.07 Å². The van der Waals surface area contributed by atoms with Gasteiger partial charge in [0.2, 0.25) is 11.6 Å². The zero-order valence-electron chi connectivity index (χ0n) is 15.0. The summed E-state index contributed by atoms with van der Waals surface area (Å²) >= 11 is 6.06. The lowest BCUT2D eigenvalue weighted by atomic mass is 10.2. The fourth-order valence-electron chi connectivity index (χ4n) is 2.66. The van der Waals surface area contributed by atoms with Crippen molar-refractivity contribution in [1.29, 1.82) is 0 Å². The lowest BCUT2D eigenvalue weighted by Gasteiger charge is -2.06. The van der Waals surface area contributed by atoms with Gasteiger partial charge in [0.25, 0.3) is 5.91 Å². The maximum absolute atomic E-state index is 12.3. The van der Waals surface area contributed by atoms with Gasteiger partial charge in [0.15, 0.2) is 11.5 Å². The highest BCUT2D eigenvalue weighted by molar-refractivity contribution is 6.34. The van der Waals surface area contributed by atoms with Crippen LogP contribution in [0, 0.1) is 6.92 Å².